The molecule has 3 unspecified atom stereocenters. The number of aromatic nitrogens is 1. The molecule has 38 heavy (non-hydrogen) atoms. The second kappa shape index (κ2) is 12.1. The molecule has 3 aromatic rings. The highest BCUT2D eigenvalue weighted by molar-refractivity contribution is 6.07. The zero-order valence-corrected chi connectivity index (χ0v) is 21.8. The number of benzene rings is 2. The Labute approximate surface area is 221 Å². The molecule has 0 aliphatic carbocycles. The predicted octanol–water partition coefficient (Wildman–Crippen LogP) is 1.59. The van der Waals surface area contributed by atoms with Gasteiger partial charge in [0.25, 0.3) is 0 Å². The summed E-state index contributed by atoms with van der Waals surface area (Å²) in [6.45, 7) is 1.80. The molecule has 0 saturated heterocycles. The number of hydrogen-bond donors (Lipinski definition) is 5. The molecule has 0 saturated carbocycles. The molecule has 2 heterocycles. The molecule has 3 amide bonds. The fraction of sp³-hybridized carbons (Fsp3) is 0.429. The summed E-state index contributed by atoms with van der Waals surface area (Å²) in [5, 5.41) is 10.3. The number of hydrogen-bond acceptors (Lipinski definition) is 6. The van der Waals surface area contributed by atoms with Gasteiger partial charge in [-0.3, -0.25) is 14.4 Å². The molecule has 0 radical (unpaired) electrons. The maximum atomic E-state index is 13.4. The van der Waals surface area contributed by atoms with Crippen LogP contribution in [0.2, 0.25) is 0 Å². The molecule has 1 aliphatic heterocycles. The van der Waals surface area contributed by atoms with E-state index in [1.165, 1.54) is 14.0 Å². The van der Waals surface area contributed by atoms with Gasteiger partial charge in [0, 0.05) is 35.2 Å². The smallest absolute Gasteiger partial charge is 0.328 e. The number of carbonyl (C=O) groups excluding carboxylic acids is 4. The van der Waals surface area contributed by atoms with Crippen molar-refractivity contribution in [3.8, 4) is 0 Å². The summed E-state index contributed by atoms with van der Waals surface area (Å²) >= 11 is 0. The lowest BCUT2D eigenvalue weighted by Gasteiger charge is -2.25. The van der Waals surface area contributed by atoms with Gasteiger partial charge >= 0.3 is 5.97 Å². The third-order valence-electron chi connectivity index (χ3n) is 6.97. The highest BCUT2D eigenvalue weighted by atomic mass is 16.5. The average molecular weight is 522 g/mol. The van der Waals surface area contributed by atoms with E-state index in [0.29, 0.717) is 38.6 Å². The van der Waals surface area contributed by atoms with Crippen LogP contribution in [0.5, 0.6) is 0 Å². The van der Waals surface area contributed by atoms with Crippen LogP contribution in [-0.4, -0.2) is 60.5 Å². The summed E-state index contributed by atoms with van der Waals surface area (Å²) < 4.78 is 4.96. The number of carbonyl (C=O) groups is 4. The van der Waals surface area contributed by atoms with Gasteiger partial charge in [0.2, 0.25) is 17.7 Å². The first kappa shape index (κ1) is 27.1. The number of rotatable bonds is 6. The number of esters is 1. The van der Waals surface area contributed by atoms with E-state index in [1.54, 1.807) is 0 Å². The van der Waals surface area contributed by atoms with Crippen LogP contribution in [0, 0.1) is 0 Å². The molecule has 1 aromatic heterocycles. The van der Waals surface area contributed by atoms with Crippen molar-refractivity contribution in [1.82, 2.24) is 20.9 Å². The van der Waals surface area contributed by atoms with Crippen molar-refractivity contribution in [3.05, 3.63) is 47.5 Å². The van der Waals surface area contributed by atoms with Crippen LogP contribution in [0.3, 0.4) is 0 Å². The first-order valence-corrected chi connectivity index (χ1v) is 13.0. The number of nitrogens with one attached hydrogen (secondary N) is 4. The summed E-state index contributed by atoms with van der Waals surface area (Å²) in [4.78, 5) is 54.7. The quantitative estimate of drug-likeness (QED) is 0.245. The highest BCUT2D eigenvalue weighted by Gasteiger charge is 2.30. The summed E-state index contributed by atoms with van der Waals surface area (Å²) in [6, 6.07) is 9.32. The minimum atomic E-state index is -0.902. The number of methoxy groups -OCH3 is 1. The van der Waals surface area contributed by atoms with E-state index in [-0.39, 0.29) is 12.3 Å². The molecule has 6 N–H and O–H groups in total. The van der Waals surface area contributed by atoms with E-state index in [4.69, 9.17) is 10.5 Å². The molecule has 4 rings (SSSR count). The molecule has 1 aliphatic rings. The van der Waals surface area contributed by atoms with Gasteiger partial charge in [-0.25, -0.2) is 4.79 Å². The summed E-state index contributed by atoms with van der Waals surface area (Å²) in [6.07, 6.45) is 2.74. The van der Waals surface area contributed by atoms with Gasteiger partial charge in [0.1, 0.15) is 18.1 Å². The third-order valence-corrected chi connectivity index (χ3v) is 6.97. The number of H-pyrrole nitrogens is 1. The minimum Gasteiger partial charge on any atom is -0.467 e. The predicted molar refractivity (Wildman–Crippen MR) is 144 cm³/mol. The lowest BCUT2D eigenvalue weighted by molar-refractivity contribution is -0.145. The van der Waals surface area contributed by atoms with Gasteiger partial charge in [-0.05, 0) is 74.0 Å². The van der Waals surface area contributed by atoms with Crippen LogP contribution in [0.1, 0.15) is 43.7 Å². The Morgan fingerprint density at radius 1 is 1.00 bits per heavy atom. The van der Waals surface area contributed by atoms with Crippen molar-refractivity contribution in [2.45, 2.75) is 63.6 Å². The Morgan fingerprint density at radius 3 is 2.34 bits per heavy atom. The number of fused-ring (bicyclic) bond motifs is 2. The Morgan fingerprint density at radius 2 is 1.68 bits per heavy atom. The number of aromatic amines is 1. The van der Waals surface area contributed by atoms with E-state index in [9.17, 15) is 19.2 Å². The van der Waals surface area contributed by atoms with Crippen molar-refractivity contribution in [1.29, 1.82) is 0 Å². The maximum absolute atomic E-state index is 13.4. The largest absolute Gasteiger partial charge is 0.467 e. The topological polar surface area (TPSA) is 155 Å². The molecular weight excluding hydrogens is 486 g/mol. The molecule has 10 heteroatoms. The Bertz CT molecular complexity index is 1350. The molecule has 2 aromatic carbocycles. The van der Waals surface area contributed by atoms with E-state index < -0.39 is 35.9 Å². The van der Waals surface area contributed by atoms with E-state index in [1.807, 2.05) is 30.3 Å². The van der Waals surface area contributed by atoms with Gasteiger partial charge in [-0.15, -0.1) is 0 Å². The Balaban J connectivity index is 1.76. The standard InChI is InChI=1S/C28H35N5O5/c1-16(34)30-25-15-18-8-10-22-20(14-18)19-13-17(6-9-21(19)31-22)7-11-24(28(37)38-2)33-26(35)23(32-27(25)36)5-3-4-12-29/h6,8-10,13-14,23-25,31H,3-5,7,11-12,15,29H2,1-2H3,(H,30,34)(H,32,36)(H,33,35). The van der Waals surface area contributed by atoms with Gasteiger partial charge in [-0.2, -0.15) is 0 Å². The summed E-state index contributed by atoms with van der Waals surface area (Å²) in [5.74, 6) is -1.87. The molecule has 0 spiro atoms. The molecule has 10 nitrogen and oxygen atoms in total. The maximum Gasteiger partial charge on any atom is 0.328 e. The van der Waals surface area contributed by atoms with Crippen LogP contribution >= 0.6 is 0 Å². The van der Waals surface area contributed by atoms with Crippen molar-refractivity contribution < 1.29 is 23.9 Å². The van der Waals surface area contributed by atoms with Crippen molar-refractivity contribution >= 4 is 45.5 Å². The van der Waals surface area contributed by atoms with E-state index >= 15 is 0 Å². The molecule has 4 bridgehead atoms. The van der Waals surface area contributed by atoms with Gasteiger partial charge < -0.3 is 31.4 Å². The fourth-order valence-electron chi connectivity index (χ4n) is 4.97. The number of ether oxygens (including phenoxy) is 1. The SMILES string of the molecule is COC(=O)C1CCc2ccc3[nH]c4ccc(cc4c3c2)CC(NC(C)=O)C(=O)NC(CCCCN)C(=O)N1. The van der Waals surface area contributed by atoms with Crippen LogP contribution in [-0.2, 0) is 36.8 Å². The van der Waals surface area contributed by atoms with Crippen LogP contribution < -0.4 is 21.7 Å². The van der Waals surface area contributed by atoms with Crippen LogP contribution in [0.4, 0.5) is 0 Å². The van der Waals surface area contributed by atoms with Gasteiger partial charge in [0.15, 0.2) is 0 Å². The number of aryl methyl sites for hydroxylation is 1. The average Bonchev–Trinajstić information content (AvgIpc) is 3.26. The second-order valence-electron chi connectivity index (χ2n) is 9.81. The van der Waals surface area contributed by atoms with Gasteiger partial charge in [0.05, 0.1) is 7.11 Å². The summed E-state index contributed by atoms with van der Waals surface area (Å²) in [7, 11) is 1.28. The highest BCUT2D eigenvalue weighted by Crippen LogP contribution is 2.28. The second-order valence-corrected chi connectivity index (χ2v) is 9.81. The molecule has 3 atom stereocenters. The molecular formula is C28H35N5O5. The number of nitrogens with two attached hydrogens (primary N) is 1. The van der Waals surface area contributed by atoms with Crippen LogP contribution in [0.15, 0.2) is 36.4 Å². The van der Waals surface area contributed by atoms with Crippen molar-refractivity contribution in [2.24, 2.45) is 5.73 Å². The van der Waals surface area contributed by atoms with E-state index in [0.717, 1.165) is 32.9 Å². The van der Waals surface area contributed by atoms with Crippen LogP contribution in [0.25, 0.3) is 21.8 Å². The van der Waals surface area contributed by atoms with Crippen molar-refractivity contribution in [3.63, 3.8) is 0 Å². The zero-order valence-electron chi connectivity index (χ0n) is 21.8. The first-order chi connectivity index (χ1) is 18.3. The fourth-order valence-corrected chi connectivity index (χ4v) is 4.97. The molecule has 0 fully saturated rings. The molecule has 202 valence electrons. The summed E-state index contributed by atoms with van der Waals surface area (Å²) in [5.41, 5.74) is 9.45. The minimum absolute atomic E-state index is 0.246. The third kappa shape index (κ3) is 6.31. The number of amides is 3. The van der Waals surface area contributed by atoms with E-state index in [2.05, 4.69) is 27.0 Å². The zero-order chi connectivity index (χ0) is 27.2. The Hall–Kier alpha value is -3.92. The lowest BCUT2D eigenvalue weighted by atomic mass is 9.99. The lowest BCUT2D eigenvalue weighted by Crippen LogP contribution is -2.56. The first-order valence-electron chi connectivity index (χ1n) is 13.0. The Kier molecular flexibility index (Phi) is 8.62. The van der Waals surface area contributed by atoms with Gasteiger partial charge in [-0.1, -0.05) is 12.1 Å². The van der Waals surface area contributed by atoms with Crippen molar-refractivity contribution in [2.75, 3.05) is 13.7 Å². The normalized spacial score (nSPS) is 20.6. The number of unbranched alkanes of at least 4 members (excludes halogenated alkanes) is 1. The monoisotopic (exact) mass is 521 g/mol.